The Morgan fingerprint density at radius 3 is 2.30 bits per heavy atom. The average molecular weight is 510 g/mol. The van der Waals surface area contributed by atoms with Crippen molar-refractivity contribution >= 4 is 34.3 Å². The molecule has 3 aliphatic heterocycles. The van der Waals surface area contributed by atoms with E-state index in [1.165, 1.54) is 0 Å². The number of aromatic amines is 1. The van der Waals surface area contributed by atoms with Crippen molar-refractivity contribution in [2.24, 2.45) is 0 Å². The van der Waals surface area contributed by atoms with Gasteiger partial charge in [-0.3, -0.25) is 19.4 Å². The third kappa shape index (κ3) is 5.71. The SMILES string of the molecule is CCOC(=O)C1=CN(C(=O)CN2CCN(CC(=O)N3CCOCC3)CC2)CCc2c1[nH]c1ccccc21. The quantitative estimate of drug-likeness (QED) is 0.579. The first-order valence-electron chi connectivity index (χ1n) is 13.1. The molecule has 2 aromatic rings. The van der Waals surface area contributed by atoms with E-state index in [0.29, 0.717) is 64.5 Å². The van der Waals surface area contributed by atoms with Gasteiger partial charge in [-0.15, -0.1) is 0 Å². The number of hydrogen-bond acceptors (Lipinski definition) is 7. The minimum absolute atomic E-state index is 0.0471. The first kappa shape index (κ1) is 25.4. The van der Waals surface area contributed by atoms with Crippen LogP contribution >= 0.6 is 0 Å². The summed E-state index contributed by atoms with van der Waals surface area (Å²) in [7, 11) is 0. The lowest BCUT2D eigenvalue weighted by molar-refractivity contribution is -0.138. The zero-order valence-electron chi connectivity index (χ0n) is 21.4. The molecule has 0 aliphatic carbocycles. The molecule has 10 nitrogen and oxygen atoms in total. The smallest absolute Gasteiger partial charge is 0.341 e. The van der Waals surface area contributed by atoms with Gasteiger partial charge in [0.05, 0.1) is 44.2 Å². The zero-order chi connectivity index (χ0) is 25.8. The van der Waals surface area contributed by atoms with E-state index in [4.69, 9.17) is 9.47 Å². The number of hydrogen-bond donors (Lipinski definition) is 1. The number of nitrogens with zero attached hydrogens (tertiary/aromatic N) is 4. The number of H-pyrrole nitrogens is 1. The molecule has 2 saturated heterocycles. The molecule has 0 unspecified atom stereocenters. The van der Waals surface area contributed by atoms with Crippen molar-refractivity contribution in [1.29, 1.82) is 0 Å². The van der Waals surface area contributed by atoms with Crippen LogP contribution in [0.1, 0.15) is 18.2 Å². The molecule has 198 valence electrons. The molecule has 1 N–H and O–H groups in total. The summed E-state index contributed by atoms with van der Waals surface area (Å²) in [6.07, 6.45) is 2.29. The Bertz CT molecular complexity index is 1180. The first-order chi connectivity index (χ1) is 18.0. The average Bonchev–Trinajstić information content (AvgIpc) is 3.17. The van der Waals surface area contributed by atoms with E-state index in [1.807, 2.05) is 29.2 Å². The highest BCUT2D eigenvalue weighted by Crippen LogP contribution is 2.31. The second-order valence-electron chi connectivity index (χ2n) is 9.67. The number of para-hydroxylation sites is 1. The molecule has 5 rings (SSSR count). The van der Waals surface area contributed by atoms with Crippen LogP contribution in [0.2, 0.25) is 0 Å². The maximum absolute atomic E-state index is 13.3. The second-order valence-corrected chi connectivity index (χ2v) is 9.67. The fourth-order valence-corrected chi connectivity index (χ4v) is 5.26. The molecule has 4 heterocycles. The molecule has 37 heavy (non-hydrogen) atoms. The Morgan fingerprint density at radius 1 is 0.919 bits per heavy atom. The number of amides is 2. The summed E-state index contributed by atoms with van der Waals surface area (Å²) in [5.74, 6) is -0.340. The topological polar surface area (TPSA) is 98.4 Å². The molecule has 1 aromatic carbocycles. The van der Waals surface area contributed by atoms with E-state index in [0.717, 1.165) is 35.2 Å². The maximum atomic E-state index is 13.3. The Hall–Kier alpha value is -3.21. The van der Waals surface area contributed by atoms with Crippen LogP contribution < -0.4 is 0 Å². The third-order valence-electron chi connectivity index (χ3n) is 7.33. The number of piperazine rings is 1. The summed E-state index contributed by atoms with van der Waals surface area (Å²) in [5, 5.41) is 1.06. The van der Waals surface area contributed by atoms with Gasteiger partial charge in [-0.1, -0.05) is 18.2 Å². The highest BCUT2D eigenvalue weighted by Gasteiger charge is 2.29. The van der Waals surface area contributed by atoms with E-state index in [1.54, 1.807) is 18.0 Å². The van der Waals surface area contributed by atoms with Gasteiger partial charge in [0.2, 0.25) is 11.8 Å². The normalized spacial score (nSPS) is 19.3. The number of nitrogens with one attached hydrogen (secondary N) is 1. The first-order valence-corrected chi connectivity index (χ1v) is 13.1. The monoisotopic (exact) mass is 509 g/mol. The minimum Gasteiger partial charge on any atom is -0.462 e. The van der Waals surface area contributed by atoms with Crippen molar-refractivity contribution in [3.63, 3.8) is 0 Å². The predicted octanol–water partition coefficient (Wildman–Crippen LogP) is 0.933. The number of rotatable bonds is 6. The van der Waals surface area contributed by atoms with Gasteiger partial charge >= 0.3 is 5.97 Å². The third-order valence-corrected chi connectivity index (χ3v) is 7.33. The minimum atomic E-state index is -0.437. The number of ether oxygens (including phenoxy) is 2. The summed E-state index contributed by atoms with van der Waals surface area (Å²) >= 11 is 0. The van der Waals surface area contributed by atoms with Crippen LogP contribution in [-0.4, -0.2) is 121 Å². The zero-order valence-corrected chi connectivity index (χ0v) is 21.4. The molecular weight excluding hydrogens is 474 g/mol. The Balaban J connectivity index is 1.22. The number of aromatic nitrogens is 1. The van der Waals surface area contributed by atoms with Crippen LogP contribution in [0.25, 0.3) is 16.5 Å². The summed E-state index contributed by atoms with van der Waals surface area (Å²) < 4.78 is 10.7. The van der Waals surface area contributed by atoms with Crippen molar-refractivity contribution in [2.75, 3.05) is 78.7 Å². The van der Waals surface area contributed by atoms with E-state index in [2.05, 4.69) is 14.8 Å². The molecule has 3 aliphatic rings. The lowest BCUT2D eigenvalue weighted by Gasteiger charge is -2.36. The van der Waals surface area contributed by atoms with Crippen molar-refractivity contribution in [3.8, 4) is 0 Å². The molecule has 2 fully saturated rings. The van der Waals surface area contributed by atoms with Gasteiger partial charge in [-0.25, -0.2) is 4.79 Å². The van der Waals surface area contributed by atoms with Crippen LogP contribution in [0, 0.1) is 0 Å². The Labute approximate surface area is 216 Å². The Morgan fingerprint density at radius 2 is 1.59 bits per heavy atom. The lowest BCUT2D eigenvalue weighted by Crippen LogP contribution is -2.53. The van der Waals surface area contributed by atoms with Crippen molar-refractivity contribution in [1.82, 2.24) is 24.6 Å². The van der Waals surface area contributed by atoms with Crippen LogP contribution in [-0.2, 0) is 30.3 Å². The lowest BCUT2D eigenvalue weighted by atomic mass is 10.0. The van der Waals surface area contributed by atoms with Gasteiger partial charge < -0.3 is 24.3 Å². The molecule has 1 aromatic heterocycles. The van der Waals surface area contributed by atoms with E-state index >= 15 is 0 Å². The van der Waals surface area contributed by atoms with Gasteiger partial charge in [0, 0.05) is 62.9 Å². The van der Waals surface area contributed by atoms with Crippen LogP contribution in [0.4, 0.5) is 0 Å². The number of carbonyl (C=O) groups excluding carboxylic acids is 3. The van der Waals surface area contributed by atoms with Gasteiger partial charge in [-0.05, 0) is 25.0 Å². The van der Waals surface area contributed by atoms with Crippen molar-refractivity contribution < 1.29 is 23.9 Å². The largest absolute Gasteiger partial charge is 0.462 e. The molecule has 0 bridgehead atoms. The maximum Gasteiger partial charge on any atom is 0.341 e. The van der Waals surface area contributed by atoms with Crippen LogP contribution in [0.15, 0.2) is 30.5 Å². The summed E-state index contributed by atoms with van der Waals surface area (Å²) in [5.41, 5.74) is 3.11. The molecule has 0 radical (unpaired) electrons. The van der Waals surface area contributed by atoms with Crippen LogP contribution in [0.5, 0.6) is 0 Å². The summed E-state index contributed by atoms with van der Waals surface area (Å²) in [4.78, 5) is 49.9. The number of morpholine rings is 1. The molecule has 0 saturated carbocycles. The molecular formula is C27H35N5O5. The molecule has 0 atom stereocenters. The fourth-order valence-electron chi connectivity index (χ4n) is 5.26. The van der Waals surface area contributed by atoms with Crippen molar-refractivity contribution in [2.45, 2.75) is 13.3 Å². The number of esters is 1. The summed E-state index contributed by atoms with van der Waals surface area (Å²) in [6, 6.07) is 7.96. The van der Waals surface area contributed by atoms with E-state index in [-0.39, 0.29) is 25.0 Å². The van der Waals surface area contributed by atoms with Crippen LogP contribution in [0.3, 0.4) is 0 Å². The highest BCUT2D eigenvalue weighted by atomic mass is 16.5. The summed E-state index contributed by atoms with van der Waals surface area (Å²) in [6.45, 7) is 8.64. The number of benzene rings is 1. The van der Waals surface area contributed by atoms with E-state index < -0.39 is 5.97 Å². The van der Waals surface area contributed by atoms with Gasteiger partial charge in [0.15, 0.2) is 0 Å². The van der Waals surface area contributed by atoms with E-state index in [9.17, 15) is 14.4 Å². The molecule has 10 heteroatoms. The number of carbonyl (C=O) groups is 3. The Kier molecular flexibility index (Phi) is 7.87. The number of fused-ring (bicyclic) bond motifs is 3. The highest BCUT2D eigenvalue weighted by molar-refractivity contribution is 6.18. The van der Waals surface area contributed by atoms with Gasteiger partial charge in [0.25, 0.3) is 0 Å². The fraction of sp³-hybridized carbons (Fsp3) is 0.519. The van der Waals surface area contributed by atoms with Gasteiger partial charge in [0.1, 0.15) is 0 Å². The van der Waals surface area contributed by atoms with Gasteiger partial charge in [-0.2, -0.15) is 0 Å². The standard InChI is InChI=1S/C27H35N5O5/c1-2-37-27(35)22-17-32(8-7-21-20-5-3-4-6-23(20)28-26(21)22)25(34)19-30-11-9-29(10-12-30)18-24(33)31-13-15-36-16-14-31/h3-6,17,28H,2,7-16,18-19H2,1H3. The molecule has 2 amide bonds. The molecule has 0 spiro atoms. The van der Waals surface area contributed by atoms with Crippen molar-refractivity contribution in [3.05, 3.63) is 41.7 Å². The predicted molar refractivity (Wildman–Crippen MR) is 139 cm³/mol. The second kappa shape index (κ2) is 11.5.